The van der Waals surface area contributed by atoms with E-state index in [1.54, 1.807) is 12.1 Å². The fourth-order valence-corrected chi connectivity index (χ4v) is 3.05. The Morgan fingerprint density at radius 1 is 1.22 bits per heavy atom. The molecule has 6 nitrogen and oxygen atoms in total. The molecule has 1 unspecified atom stereocenters. The highest BCUT2D eigenvalue weighted by atomic mass is 32.1. The van der Waals surface area contributed by atoms with Crippen LogP contribution in [0.4, 0.5) is 5.13 Å². The number of nitriles is 1. The number of hydrogen-bond acceptors (Lipinski definition) is 6. The quantitative estimate of drug-likeness (QED) is 0.658. The Balaban J connectivity index is 1.47. The summed E-state index contributed by atoms with van der Waals surface area (Å²) in [7, 11) is 0. The lowest BCUT2D eigenvalue weighted by Crippen LogP contribution is -2.39. The Bertz CT molecular complexity index is 933. The van der Waals surface area contributed by atoms with E-state index in [1.807, 2.05) is 47.8 Å². The Labute approximate surface area is 161 Å². The summed E-state index contributed by atoms with van der Waals surface area (Å²) in [5, 5.41) is 13.9. The minimum atomic E-state index is -0.799. The molecule has 0 saturated heterocycles. The van der Waals surface area contributed by atoms with Crippen molar-refractivity contribution in [2.75, 3.05) is 11.9 Å². The maximum atomic E-state index is 12.2. The van der Waals surface area contributed by atoms with Gasteiger partial charge in [0.25, 0.3) is 0 Å². The molecule has 1 aromatic heterocycles. The molecule has 3 N–H and O–H groups in total. The Kier molecular flexibility index (Phi) is 6.28. The number of hydrogen-bond donors (Lipinski definition) is 2. The van der Waals surface area contributed by atoms with Gasteiger partial charge in [0.15, 0.2) is 5.13 Å². The van der Waals surface area contributed by atoms with Crippen molar-refractivity contribution >= 4 is 22.4 Å². The highest BCUT2D eigenvalue weighted by Gasteiger charge is 2.16. The molecule has 0 radical (unpaired) electrons. The number of thiazole rings is 1. The first kappa shape index (κ1) is 18.7. The zero-order valence-electron chi connectivity index (χ0n) is 14.5. The molecule has 136 valence electrons. The first-order valence-electron chi connectivity index (χ1n) is 8.30. The van der Waals surface area contributed by atoms with Crippen LogP contribution in [0.1, 0.15) is 11.1 Å². The highest BCUT2D eigenvalue weighted by molar-refractivity contribution is 7.14. The molecule has 0 saturated carbocycles. The van der Waals surface area contributed by atoms with Crippen molar-refractivity contribution in [2.45, 2.75) is 12.6 Å². The summed E-state index contributed by atoms with van der Waals surface area (Å²) >= 11 is 1.35. The van der Waals surface area contributed by atoms with Crippen LogP contribution in [-0.4, -0.2) is 23.5 Å². The minimum Gasteiger partial charge on any atom is -0.375 e. The number of anilines is 1. The number of rotatable bonds is 7. The van der Waals surface area contributed by atoms with Gasteiger partial charge in [-0.25, -0.2) is 4.98 Å². The zero-order valence-corrected chi connectivity index (χ0v) is 15.3. The van der Waals surface area contributed by atoms with Crippen LogP contribution in [0.25, 0.3) is 11.3 Å². The molecular formula is C20H18N4O2S. The number of nitrogens with one attached hydrogen (secondary N) is 1. The molecule has 2 aromatic carbocycles. The molecule has 1 heterocycles. The molecule has 3 rings (SSSR count). The summed E-state index contributed by atoms with van der Waals surface area (Å²) in [5.74, 6) is -0.344. The second kappa shape index (κ2) is 9.05. The molecule has 0 bridgehead atoms. The first-order chi connectivity index (χ1) is 13.2. The summed E-state index contributed by atoms with van der Waals surface area (Å²) in [6.07, 6.45) is 0. The normalized spacial score (nSPS) is 11.6. The first-order valence-corrected chi connectivity index (χ1v) is 9.18. The van der Waals surface area contributed by atoms with E-state index in [2.05, 4.69) is 16.4 Å². The lowest BCUT2D eigenvalue weighted by molar-refractivity contribution is -0.118. The van der Waals surface area contributed by atoms with E-state index >= 15 is 0 Å². The van der Waals surface area contributed by atoms with Crippen molar-refractivity contribution in [1.82, 2.24) is 4.98 Å². The maximum Gasteiger partial charge on any atom is 0.245 e. The lowest BCUT2D eigenvalue weighted by Gasteiger charge is -2.11. The van der Waals surface area contributed by atoms with Gasteiger partial charge < -0.3 is 15.8 Å². The maximum absolute atomic E-state index is 12.2. The highest BCUT2D eigenvalue weighted by Crippen LogP contribution is 2.24. The van der Waals surface area contributed by atoms with E-state index in [1.165, 1.54) is 11.3 Å². The third-order valence-electron chi connectivity index (χ3n) is 3.79. The van der Waals surface area contributed by atoms with Crippen molar-refractivity contribution in [3.63, 3.8) is 0 Å². The summed E-state index contributed by atoms with van der Waals surface area (Å²) < 4.78 is 5.50. The van der Waals surface area contributed by atoms with E-state index in [0.29, 0.717) is 17.3 Å². The number of aromatic nitrogens is 1. The van der Waals surface area contributed by atoms with E-state index in [0.717, 1.165) is 16.8 Å². The van der Waals surface area contributed by atoms with Gasteiger partial charge in [0.2, 0.25) is 5.91 Å². The molecule has 0 aliphatic rings. The van der Waals surface area contributed by atoms with Crippen LogP contribution in [0.15, 0.2) is 60.0 Å². The van der Waals surface area contributed by atoms with Gasteiger partial charge in [-0.05, 0) is 17.7 Å². The smallest absolute Gasteiger partial charge is 0.245 e. The molecule has 1 amide bonds. The number of amides is 1. The van der Waals surface area contributed by atoms with Gasteiger partial charge in [0.05, 0.1) is 30.5 Å². The second-order valence-electron chi connectivity index (χ2n) is 5.82. The largest absolute Gasteiger partial charge is 0.375 e. The SMILES string of the molecule is N#Cc1ccc(COCC(N)C(=O)Nc2nc(-c3ccccc3)cs2)cc1. The van der Waals surface area contributed by atoms with Gasteiger partial charge in [-0.2, -0.15) is 5.26 Å². The summed E-state index contributed by atoms with van der Waals surface area (Å²) in [6, 6.07) is 18.1. The zero-order chi connectivity index (χ0) is 19.1. The number of ether oxygens (including phenoxy) is 1. The fraction of sp³-hybridized carbons (Fsp3) is 0.150. The number of nitrogens with zero attached hydrogens (tertiary/aromatic N) is 2. The van der Waals surface area contributed by atoms with E-state index < -0.39 is 6.04 Å². The van der Waals surface area contributed by atoms with Crippen LogP contribution in [0.2, 0.25) is 0 Å². The van der Waals surface area contributed by atoms with Crippen LogP contribution in [0.3, 0.4) is 0 Å². The molecule has 3 aromatic rings. The van der Waals surface area contributed by atoms with Crippen LogP contribution >= 0.6 is 11.3 Å². The van der Waals surface area contributed by atoms with Crippen molar-refractivity contribution in [2.24, 2.45) is 5.73 Å². The van der Waals surface area contributed by atoms with Crippen molar-refractivity contribution in [3.05, 3.63) is 71.1 Å². The molecule has 27 heavy (non-hydrogen) atoms. The van der Waals surface area contributed by atoms with E-state index in [9.17, 15) is 4.79 Å². The number of carbonyl (C=O) groups excluding carboxylic acids is 1. The molecule has 7 heteroatoms. The van der Waals surface area contributed by atoms with Crippen LogP contribution in [0, 0.1) is 11.3 Å². The lowest BCUT2D eigenvalue weighted by atomic mass is 10.2. The van der Waals surface area contributed by atoms with Crippen molar-refractivity contribution in [1.29, 1.82) is 5.26 Å². The Morgan fingerprint density at radius 2 is 1.96 bits per heavy atom. The van der Waals surface area contributed by atoms with Gasteiger partial charge in [-0.1, -0.05) is 42.5 Å². The molecule has 0 fully saturated rings. The van der Waals surface area contributed by atoms with E-state index in [-0.39, 0.29) is 12.5 Å². The predicted molar refractivity (Wildman–Crippen MR) is 105 cm³/mol. The van der Waals surface area contributed by atoms with Crippen LogP contribution in [-0.2, 0) is 16.1 Å². The van der Waals surface area contributed by atoms with Gasteiger partial charge in [-0.15, -0.1) is 11.3 Å². The third kappa shape index (κ3) is 5.21. The van der Waals surface area contributed by atoms with E-state index in [4.69, 9.17) is 15.7 Å². The average Bonchev–Trinajstić information content (AvgIpc) is 3.17. The molecule has 1 atom stereocenters. The van der Waals surface area contributed by atoms with Gasteiger partial charge in [0, 0.05) is 10.9 Å². The summed E-state index contributed by atoms with van der Waals surface area (Å²) in [6.45, 7) is 0.408. The number of nitrogens with two attached hydrogens (primary N) is 1. The Morgan fingerprint density at radius 3 is 2.67 bits per heavy atom. The summed E-state index contributed by atoms with van der Waals surface area (Å²) in [5.41, 5.74) is 9.19. The average molecular weight is 378 g/mol. The van der Waals surface area contributed by atoms with Crippen molar-refractivity contribution in [3.8, 4) is 17.3 Å². The molecule has 0 aliphatic carbocycles. The number of carbonyl (C=O) groups is 1. The monoisotopic (exact) mass is 378 g/mol. The fourth-order valence-electron chi connectivity index (χ4n) is 2.33. The Hall–Kier alpha value is -3.05. The van der Waals surface area contributed by atoms with Crippen LogP contribution in [0.5, 0.6) is 0 Å². The van der Waals surface area contributed by atoms with Gasteiger partial charge in [0.1, 0.15) is 6.04 Å². The third-order valence-corrected chi connectivity index (χ3v) is 4.55. The molecular weight excluding hydrogens is 360 g/mol. The van der Waals surface area contributed by atoms with Gasteiger partial charge >= 0.3 is 0 Å². The second-order valence-corrected chi connectivity index (χ2v) is 6.68. The predicted octanol–water partition coefficient (Wildman–Crippen LogP) is 3.16. The molecule has 0 aliphatic heterocycles. The van der Waals surface area contributed by atoms with Gasteiger partial charge in [-0.3, -0.25) is 4.79 Å². The minimum absolute atomic E-state index is 0.0861. The number of benzene rings is 2. The topological polar surface area (TPSA) is 101 Å². The van der Waals surface area contributed by atoms with Crippen molar-refractivity contribution < 1.29 is 9.53 Å². The van der Waals surface area contributed by atoms with Crippen LogP contribution < -0.4 is 11.1 Å². The summed E-state index contributed by atoms with van der Waals surface area (Å²) in [4.78, 5) is 16.6. The molecule has 0 spiro atoms. The standard InChI is InChI=1S/C20H18N4O2S/c21-10-14-6-8-15(9-7-14)11-26-12-17(22)19(25)24-20-23-18(13-27-20)16-4-2-1-3-5-16/h1-9,13,17H,11-12,22H2,(H,23,24,25).